The molecular weight excluding hydrogens is 324 g/mol. The van der Waals surface area contributed by atoms with Crippen molar-refractivity contribution in [3.05, 3.63) is 17.2 Å². The second-order valence-electron chi connectivity index (χ2n) is 6.72. The minimum atomic E-state index is -1.22. The van der Waals surface area contributed by atoms with E-state index in [4.69, 9.17) is 0 Å². The lowest BCUT2D eigenvalue weighted by Crippen LogP contribution is -2.29. The summed E-state index contributed by atoms with van der Waals surface area (Å²) >= 11 is 0. The van der Waals surface area contributed by atoms with Crippen molar-refractivity contribution in [2.75, 3.05) is 37.4 Å². The average Bonchev–Trinajstić information content (AvgIpc) is 3.28. The summed E-state index contributed by atoms with van der Waals surface area (Å²) in [5.74, 6) is -1.36. The van der Waals surface area contributed by atoms with Crippen LogP contribution < -0.4 is 10.2 Å². The number of anilines is 2. The fraction of sp³-hybridized carbons (Fsp3) is 0.529. The zero-order valence-electron chi connectivity index (χ0n) is 14.4. The number of amides is 2. The van der Waals surface area contributed by atoms with Crippen LogP contribution in [0.3, 0.4) is 0 Å². The van der Waals surface area contributed by atoms with E-state index in [9.17, 15) is 19.5 Å². The van der Waals surface area contributed by atoms with Crippen LogP contribution in [0.2, 0.25) is 0 Å². The highest BCUT2D eigenvalue weighted by Crippen LogP contribution is 2.32. The molecule has 134 valence electrons. The second-order valence-corrected chi connectivity index (χ2v) is 6.72. The largest absolute Gasteiger partial charge is 0.478 e. The zero-order valence-corrected chi connectivity index (χ0v) is 14.4. The smallest absolute Gasteiger partial charge is 0.339 e. The van der Waals surface area contributed by atoms with Gasteiger partial charge < -0.3 is 20.2 Å². The Morgan fingerprint density at radius 1 is 1.20 bits per heavy atom. The number of aromatic carboxylic acids is 1. The van der Waals surface area contributed by atoms with Gasteiger partial charge in [-0.05, 0) is 31.7 Å². The molecule has 2 amide bonds. The quantitative estimate of drug-likeness (QED) is 0.836. The van der Waals surface area contributed by atoms with E-state index in [1.165, 1.54) is 11.0 Å². The van der Waals surface area contributed by atoms with Gasteiger partial charge in [0.15, 0.2) is 0 Å². The van der Waals surface area contributed by atoms with E-state index in [0.717, 1.165) is 38.8 Å². The van der Waals surface area contributed by atoms with Gasteiger partial charge in [0.2, 0.25) is 5.91 Å². The number of aromatic nitrogens is 1. The van der Waals surface area contributed by atoms with Gasteiger partial charge in [-0.2, -0.15) is 0 Å². The fourth-order valence-corrected chi connectivity index (χ4v) is 2.89. The number of hydrogen-bond donors (Lipinski definition) is 2. The van der Waals surface area contributed by atoms with E-state index >= 15 is 0 Å². The molecule has 0 bridgehead atoms. The number of pyridine rings is 1. The third kappa shape index (κ3) is 3.57. The van der Waals surface area contributed by atoms with Crippen LogP contribution in [0.15, 0.2) is 6.07 Å². The zero-order chi connectivity index (χ0) is 18.1. The number of carbonyl (C=O) groups is 3. The number of hydrogen-bond acceptors (Lipinski definition) is 5. The second kappa shape index (κ2) is 6.70. The molecular formula is C17H22N4O4. The van der Waals surface area contributed by atoms with Crippen molar-refractivity contribution >= 4 is 29.4 Å². The molecule has 25 heavy (non-hydrogen) atoms. The molecule has 2 heterocycles. The first-order valence-corrected chi connectivity index (χ1v) is 8.44. The third-order valence-electron chi connectivity index (χ3n) is 4.46. The van der Waals surface area contributed by atoms with Gasteiger partial charge in [0.25, 0.3) is 5.91 Å². The summed E-state index contributed by atoms with van der Waals surface area (Å²) < 4.78 is 0. The van der Waals surface area contributed by atoms with Crippen LogP contribution >= 0.6 is 0 Å². The van der Waals surface area contributed by atoms with Gasteiger partial charge in [-0.25, -0.2) is 9.78 Å². The molecule has 2 N–H and O–H groups in total. The third-order valence-corrected chi connectivity index (χ3v) is 4.46. The van der Waals surface area contributed by atoms with Gasteiger partial charge in [0.1, 0.15) is 17.2 Å². The lowest BCUT2D eigenvalue weighted by Gasteiger charge is -2.23. The van der Waals surface area contributed by atoms with Gasteiger partial charge in [-0.3, -0.25) is 9.59 Å². The molecule has 8 heteroatoms. The Hall–Kier alpha value is -2.64. The Morgan fingerprint density at radius 3 is 2.36 bits per heavy atom. The molecule has 1 aromatic heterocycles. The van der Waals surface area contributed by atoms with E-state index in [0.29, 0.717) is 5.82 Å². The maximum absolute atomic E-state index is 12.5. The maximum Gasteiger partial charge on any atom is 0.339 e. The van der Waals surface area contributed by atoms with Gasteiger partial charge in [-0.1, -0.05) is 0 Å². The van der Waals surface area contributed by atoms with Gasteiger partial charge in [-0.15, -0.1) is 0 Å². The summed E-state index contributed by atoms with van der Waals surface area (Å²) in [5, 5.41) is 12.1. The minimum Gasteiger partial charge on any atom is -0.478 e. The first-order valence-electron chi connectivity index (χ1n) is 8.44. The molecule has 1 saturated carbocycles. The first-order chi connectivity index (χ1) is 11.9. The van der Waals surface area contributed by atoms with Crippen LogP contribution in [-0.2, 0) is 4.79 Å². The van der Waals surface area contributed by atoms with Gasteiger partial charge >= 0.3 is 5.97 Å². The van der Waals surface area contributed by atoms with Crippen LogP contribution in [-0.4, -0.2) is 60.0 Å². The van der Waals surface area contributed by atoms with E-state index in [1.54, 1.807) is 14.1 Å². The standard InChI is InChI=1S/C17H22N4O4/c1-20(2)16(23)12-9-11(17(24)25)13(19-15(22)10-5-6-10)18-14(12)21-7-3-4-8-21/h9-10H,3-8H2,1-2H3,(H,24,25)(H,18,19,22). The van der Waals surface area contributed by atoms with E-state index < -0.39 is 5.97 Å². The molecule has 1 aliphatic heterocycles. The molecule has 0 unspecified atom stereocenters. The molecule has 3 rings (SSSR count). The van der Waals surface area contributed by atoms with Crippen molar-refractivity contribution < 1.29 is 19.5 Å². The normalized spacial score (nSPS) is 16.6. The Kier molecular flexibility index (Phi) is 4.61. The number of carbonyl (C=O) groups excluding carboxylic acids is 2. The average molecular weight is 346 g/mol. The molecule has 1 aliphatic carbocycles. The van der Waals surface area contributed by atoms with Crippen molar-refractivity contribution in [1.82, 2.24) is 9.88 Å². The Morgan fingerprint density at radius 2 is 1.84 bits per heavy atom. The van der Waals surface area contributed by atoms with Crippen LogP contribution in [0.1, 0.15) is 46.4 Å². The molecule has 0 radical (unpaired) electrons. The fourth-order valence-electron chi connectivity index (χ4n) is 2.89. The molecule has 1 aromatic rings. The summed E-state index contributed by atoms with van der Waals surface area (Å²) in [6, 6.07) is 1.33. The number of carboxylic acid groups (broad SMARTS) is 1. The highest BCUT2D eigenvalue weighted by molar-refractivity contribution is 6.05. The summed E-state index contributed by atoms with van der Waals surface area (Å²) in [4.78, 5) is 44.0. The minimum absolute atomic E-state index is 0.0154. The van der Waals surface area contributed by atoms with Crippen molar-refractivity contribution in [2.45, 2.75) is 25.7 Å². The molecule has 0 aromatic carbocycles. The molecule has 2 aliphatic rings. The van der Waals surface area contributed by atoms with Crippen LogP contribution in [0, 0.1) is 5.92 Å². The van der Waals surface area contributed by atoms with Crippen LogP contribution in [0.4, 0.5) is 11.6 Å². The van der Waals surface area contributed by atoms with Gasteiger partial charge in [0.05, 0.1) is 5.56 Å². The summed E-state index contributed by atoms with van der Waals surface area (Å²) in [7, 11) is 3.22. The lowest BCUT2D eigenvalue weighted by molar-refractivity contribution is -0.117. The molecule has 0 atom stereocenters. The summed E-state index contributed by atoms with van der Waals surface area (Å²) in [6.07, 6.45) is 3.60. The van der Waals surface area contributed by atoms with E-state index in [-0.39, 0.29) is 34.7 Å². The Balaban J connectivity index is 2.07. The number of carboxylic acids is 1. The van der Waals surface area contributed by atoms with Crippen LogP contribution in [0.5, 0.6) is 0 Å². The number of nitrogens with one attached hydrogen (secondary N) is 1. The van der Waals surface area contributed by atoms with Crippen molar-refractivity contribution in [3.63, 3.8) is 0 Å². The summed E-state index contributed by atoms with van der Waals surface area (Å²) in [5.41, 5.74) is 0.0795. The molecule has 8 nitrogen and oxygen atoms in total. The predicted molar refractivity (Wildman–Crippen MR) is 92.0 cm³/mol. The Bertz CT molecular complexity index is 722. The number of rotatable bonds is 5. The highest BCUT2D eigenvalue weighted by atomic mass is 16.4. The SMILES string of the molecule is CN(C)C(=O)c1cc(C(=O)O)c(NC(=O)C2CC2)nc1N1CCCC1. The van der Waals surface area contributed by atoms with E-state index in [2.05, 4.69) is 10.3 Å². The first kappa shape index (κ1) is 17.2. The molecule has 2 fully saturated rings. The van der Waals surface area contributed by atoms with Crippen molar-refractivity contribution in [1.29, 1.82) is 0 Å². The predicted octanol–water partition coefficient (Wildman–Crippen LogP) is 1.43. The number of nitrogens with zero attached hydrogens (tertiary/aromatic N) is 3. The van der Waals surface area contributed by atoms with E-state index in [1.807, 2.05) is 4.90 Å². The monoisotopic (exact) mass is 346 g/mol. The topological polar surface area (TPSA) is 103 Å². The molecule has 0 spiro atoms. The Labute approximate surface area is 145 Å². The maximum atomic E-state index is 12.5. The molecule has 1 saturated heterocycles. The van der Waals surface area contributed by atoms with Crippen molar-refractivity contribution in [3.8, 4) is 0 Å². The van der Waals surface area contributed by atoms with Gasteiger partial charge in [0, 0.05) is 33.1 Å². The van der Waals surface area contributed by atoms with Crippen molar-refractivity contribution in [2.24, 2.45) is 5.92 Å². The summed E-state index contributed by atoms with van der Waals surface area (Å²) in [6.45, 7) is 1.51. The van der Waals surface area contributed by atoms with Crippen LogP contribution in [0.25, 0.3) is 0 Å². The highest BCUT2D eigenvalue weighted by Gasteiger charge is 2.32. The lowest BCUT2D eigenvalue weighted by atomic mass is 10.1.